The van der Waals surface area contributed by atoms with Crippen molar-refractivity contribution >= 4 is 35.0 Å². The number of carbonyl (C=O) groups is 2. The van der Waals surface area contributed by atoms with Crippen LogP contribution >= 0.6 is 11.8 Å². The van der Waals surface area contributed by atoms with Gasteiger partial charge in [0.05, 0.1) is 11.5 Å². The van der Waals surface area contributed by atoms with E-state index in [1.807, 2.05) is 57.2 Å². The van der Waals surface area contributed by atoms with Gasteiger partial charge in [0.25, 0.3) is 5.91 Å². The summed E-state index contributed by atoms with van der Waals surface area (Å²) in [4.78, 5) is 25.6. The molecule has 1 unspecified atom stereocenters. The summed E-state index contributed by atoms with van der Waals surface area (Å²) in [7, 11) is 0. The van der Waals surface area contributed by atoms with Gasteiger partial charge in [-0.1, -0.05) is 24.3 Å². The van der Waals surface area contributed by atoms with E-state index in [1.165, 1.54) is 18.0 Å². The van der Waals surface area contributed by atoms with Gasteiger partial charge in [0, 0.05) is 16.3 Å². The maximum atomic E-state index is 12.6. The van der Waals surface area contributed by atoms with E-state index in [0.29, 0.717) is 5.69 Å². The van der Waals surface area contributed by atoms with Gasteiger partial charge in [-0.25, -0.2) is 0 Å². The van der Waals surface area contributed by atoms with Gasteiger partial charge in [0.1, 0.15) is 0 Å². The van der Waals surface area contributed by atoms with Crippen molar-refractivity contribution in [2.45, 2.75) is 30.9 Å². The predicted octanol–water partition coefficient (Wildman–Crippen LogP) is 5.27. The van der Waals surface area contributed by atoms with Crippen LogP contribution < -0.4 is 10.6 Å². The summed E-state index contributed by atoms with van der Waals surface area (Å²) in [6.07, 6.45) is 1.46. The minimum absolute atomic E-state index is 0.0626. The maximum absolute atomic E-state index is 12.6. The molecule has 6 heteroatoms. The number of rotatable bonds is 6. The maximum Gasteiger partial charge on any atom is 0.291 e. The monoisotopic (exact) mass is 394 g/mol. The van der Waals surface area contributed by atoms with Gasteiger partial charge in [0.2, 0.25) is 5.91 Å². The van der Waals surface area contributed by atoms with Crippen LogP contribution in [0.3, 0.4) is 0 Å². The lowest BCUT2D eigenvalue weighted by Gasteiger charge is -2.15. The molecular formula is C22H22N2O3S. The van der Waals surface area contributed by atoms with Crippen LogP contribution in [0.1, 0.15) is 28.6 Å². The normalized spacial score (nSPS) is 11.7. The molecule has 28 heavy (non-hydrogen) atoms. The zero-order chi connectivity index (χ0) is 20.1. The van der Waals surface area contributed by atoms with Crippen molar-refractivity contribution in [2.75, 3.05) is 10.6 Å². The van der Waals surface area contributed by atoms with Crippen molar-refractivity contribution in [3.8, 4) is 0 Å². The summed E-state index contributed by atoms with van der Waals surface area (Å²) in [5.74, 6) is -0.125. The number of anilines is 2. The second-order valence-electron chi connectivity index (χ2n) is 6.48. The molecule has 0 fully saturated rings. The Balaban J connectivity index is 1.64. The first-order valence-corrected chi connectivity index (χ1v) is 9.80. The van der Waals surface area contributed by atoms with E-state index in [2.05, 4.69) is 10.6 Å². The lowest BCUT2D eigenvalue weighted by molar-refractivity contribution is -0.115. The van der Waals surface area contributed by atoms with Gasteiger partial charge in [-0.15, -0.1) is 11.8 Å². The van der Waals surface area contributed by atoms with E-state index in [9.17, 15) is 9.59 Å². The fourth-order valence-corrected chi connectivity index (χ4v) is 3.67. The standard InChI is InChI=1S/C22H22N2O3S/c1-14-7-4-8-15(2)20(14)24-21(25)16(3)28-18-10-5-9-17(13-18)23-22(26)19-11-6-12-27-19/h4-13,16H,1-3H3,(H,23,26)(H,24,25). The molecule has 2 N–H and O–H groups in total. The van der Waals surface area contributed by atoms with Crippen LogP contribution in [-0.2, 0) is 4.79 Å². The Kier molecular flexibility index (Phi) is 6.21. The Labute approximate surface area is 168 Å². The minimum Gasteiger partial charge on any atom is -0.459 e. The van der Waals surface area contributed by atoms with E-state index in [-0.39, 0.29) is 22.8 Å². The zero-order valence-corrected chi connectivity index (χ0v) is 16.8. The van der Waals surface area contributed by atoms with E-state index in [1.54, 1.807) is 18.2 Å². The third kappa shape index (κ3) is 4.84. The second kappa shape index (κ2) is 8.80. The Morgan fingerprint density at radius 2 is 1.68 bits per heavy atom. The molecule has 144 valence electrons. The lowest BCUT2D eigenvalue weighted by atomic mass is 10.1. The third-order valence-electron chi connectivity index (χ3n) is 4.25. The number of furan rings is 1. The summed E-state index contributed by atoms with van der Waals surface area (Å²) in [5.41, 5.74) is 3.58. The van der Waals surface area contributed by atoms with Crippen molar-refractivity contribution < 1.29 is 14.0 Å². The first-order valence-electron chi connectivity index (χ1n) is 8.92. The molecule has 1 heterocycles. The predicted molar refractivity (Wildman–Crippen MR) is 113 cm³/mol. The van der Waals surface area contributed by atoms with E-state index < -0.39 is 0 Å². The van der Waals surface area contributed by atoms with E-state index >= 15 is 0 Å². The summed E-state index contributed by atoms with van der Waals surface area (Å²) < 4.78 is 5.10. The van der Waals surface area contributed by atoms with Crippen molar-refractivity contribution in [3.63, 3.8) is 0 Å². The first kappa shape index (κ1) is 19.8. The number of benzene rings is 2. The van der Waals surface area contributed by atoms with Crippen molar-refractivity contribution in [2.24, 2.45) is 0 Å². The number of nitrogens with one attached hydrogen (secondary N) is 2. The molecule has 0 aliphatic carbocycles. The average molecular weight is 394 g/mol. The van der Waals surface area contributed by atoms with E-state index in [0.717, 1.165) is 21.7 Å². The van der Waals surface area contributed by atoms with Crippen LogP contribution in [0.5, 0.6) is 0 Å². The van der Waals surface area contributed by atoms with Crippen LogP contribution in [0.25, 0.3) is 0 Å². The molecule has 0 aliphatic heterocycles. The fourth-order valence-electron chi connectivity index (χ4n) is 2.74. The molecule has 2 amide bonds. The van der Waals surface area contributed by atoms with Crippen molar-refractivity contribution in [3.05, 3.63) is 77.7 Å². The minimum atomic E-state index is -0.312. The van der Waals surface area contributed by atoms with E-state index in [4.69, 9.17) is 4.42 Å². The summed E-state index contributed by atoms with van der Waals surface area (Å²) >= 11 is 1.43. The Morgan fingerprint density at radius 1 is 0.964 bits per heavy atom. The van der Waals surface area contributed by atoms with Gasteiger partial charge in [-0.05, 0) is 62.2 Å². The van der Waals surface area contributed by atoms with Crippen LogP contribution in [0.2, 0.25) is 0 Å². The molecule has 0 radical (unpaired) electrons. The van der Waals surface area contributed by atoms with Gasteiger partial charge in [-0.3, -0.25) is 9.59 Å². The highest BCUT2D eigenvalue weighted by molar-refractivity contribution is 8.00. The third-order valence-corrected chi connectivity index (χ3v) is 5.34. The molecular weight excluding hydrogens is 372 g/mol. The highest BCUT2D eigenvalue weighted by atomic mass is 32.2. The molecule has 0 aliphatic rings. The molecule has 2 aromatic carbocycles. The smallest absolute Gasteiger partial charge is 0.291 e. The largest absolute Gasteiger partial charge is 0.459 e. The molecule has 5 nitrogen and oxygen atoms in total. The van der Waals surface area contributed by atoms with Gasteiger partial charge >= 0.3 is 0 Å². The molecule has 1 aromatic heterocycles. The zero-order valence-electron chi connectivity index (χ0n) is 16.0. The topological polar surface area (TPSA) is 71.3 Å². The summed E-state index contributed by atoms with van der Waals surface area (Å²) in [6, 6.07) is 16.6. The molecule has 0 spiro atoms. The van der Waals surface area contributed by atoms with Crippen molar-refractivity contribution in [1.29, 1.82) is 0 Å². The van der Waals surface area contributed by atoms with Crippen molar-refractivity contribution in [1.82, 2.24) is 0 Å². The van der Waals surface area contributed by atoms with Crippen LogP contribution in [0.4, 0.5) is 11.4 Å². The number of aryl methyl sites for hydroxylation is 2. The molecule has 3 rings (SSSR count). The Hall–Kier alpha value is -2.99. The second-order valence-corrected chi connectivity index (χ2v) is 7.89. The van der Waals surface area contributed by atoms with Crippen LogP contribution in [0.15, 0.2) is 70.2 Å². The molecule has 1 atom stereocenters. The summed E-state index contributed by atoms with van der Waals surface area (Å²) in [6.45, 7) is 5.82. The van der Waals surface area contributed by atoms with Crippen LogP contribution in [0, 0.1) is 13.8 Å². The quantitative estimate of drug-likeness (QED) is 0.559. The SMILES string of the molecule is Cc1cccc(C)c1NC(=O)C(C)Sc1cccc(NC(=O)c2ccco2)c1. The Morgan fingerprint density at radius 3 is 2.36 bits per heavy atom. The lowest BCUT2D eigenvalue weighted by Crippen LogP contribution is -2.23. The number of carbonyl (C=O) groups excluding carboxylic acids is 2. The summed E-state index contributed by atoms with van der Waals surface area (Å²) in [5, 5.41) is 5.52. The first-order chi connectivity index (χ1) is 13.4. The van der Waals surface area contributed by atoms with Gasteiger partial charge in [-0.2, -0.15) is 0 Å². The highest BCUT2D eigenvalue weighted by Gasteiger charge is 2.17. The van der Waals surface area contributed by atoms with Gasteiger partial charge in [0.15, 0.2) is 5.76 Å². The molecule has 3 aromatic rings. The van der Waals surface area contributed by atoms with Crippen LogP contribution in [-0.4, -0.2) is 17.1 Å². The highest BCUT2D eigenvalue weighted by Crippen LogP contribution is 2.28. The van der Waals surface area contributed by atoms with Gasteiger partial charge < -0.3 is 15.1 Å². The Bertz CT molecular complexity index is 963. The number of hydrogen-bond acceptors (Lipinski definition) is 4. The number of para-hydroxylation sites is 1. The number of amides is 2. The molecule has 0 saturated heterocycles. The fraction of sp³-hybridized carbons (Fsp3) is 0.182. The number of hydrogen-bond donors (Lipinski definition) is 2. The molecule has 0 saturated carbocycles. The number of thioether (sulfide) groups is 1. The average Bonchev–Trinajstić information content (AvgIpc) is 3.20. The molecule has 0 bridgehead atoms.